The first-order valence-electron chi connectivity index (χ1n) is 12.5. The largest absolute Gasteiger partial charge is 0.494 e. The van der Waals surface area contributed by atoms with Crippen molar-refractivity contribution in [3.8, 4) is 17.2 Å². The summed E-state index contributed by atoms with van der Waals surface area (Å²) in [7, 11) is 0. The smallest absolute Gasteiger partial charge is 0.335 e. The number of nitrogens with one attached hydrogen (secondary N) is 2. The summed E-state index contributed by atoms with van der Waals surface area (Å²) in [5, 5.41) is 5.26. The van der Waals surface area contributed by atoms with Gasteiger partial charge in [0, 0.05) is 0 Å². The first kappa shape index (κ1) is 29.6. The fraction of sp³-hybridized carbons (Fsp3) is 0.172. The van der Waals surface area contributed by atoms with Gasteiger partial charge in [0.25, 0.3) is 17.7 Å². The van der Waals surface area contributed by atoms with Crippen LogP contribution < -0.4 is 29.7 Å². The van der Waals surface area contributed by atoms with Crippen molar-refractivity contribution >= 4 is 68.7 Å². The zero-order chi connectivity index (χ0) is 29.5. The Balaban J connectivity index is 1.57. The normalized spacial score (nSPS) is 14.1. The minimum absolute atomic E-state index is 0.244. The zero-order valence-corrected chi connectivity index (χ0v) is 24.4. The highest BCUT2D eigenvalue weighted by Crippen LogP contribution is 2.38. The van der Waals surface area contributed by atoms with Gasteiger partial charge in [0.1, 0.15) is 11.3 Å². The molecule has 0 saturated carbocycles. The molecule has 4 rings (SSSR count). The second kappa shape index (κ2) is 13.3. The topological polar surface area (TPSA) is 123 Å². The minimum Gasteiger partial charge on any atom is -0.494 e. The molecule has 0 atom stereocenters. The lowest BCUT2D eigenvalue weighted by molar-refractivity contribution is -0.122. The Bertz CT molecular complexity index is 1530. The van der Waals surface area contributed by atoms with Crippen molar-refractivity contribution in [2.24, 2.45) is 0 Å². The van der Waals surface area contributed by atoms with E-state index < -0.39 is 23.8 Å². The number of imide groups is 2. The molecular formula is C29H25BrClN3O7. The molecule has 0 radical (unpaired) electrons. The summed E-state index contributed by atoms with van der Waals surface area (Å²) in [6.45, 7) is 4.00. The van der Waals surface area contributed by atoms with Gasteiger partial charge in [0.05, 0.1) is 34.1 Å². The van der Waals surface area contributed by atoms with E-state index in [1.165, 1.54) is 6.08 Å². The van der Waals surface area contributed by atoms with Gasteiger partial charge in [0.2, 0.25) is 0 Å². The summed E-state index contributed by atoms with van der Waals surface area (Å²) in [6.07, 6.45) is 1.34. The first-order valence-corrected chi connectivity index (χ1v) is 13.7. The van der Waals surface area contributed by atoms with E-state index in [0.29, 0.717) is 33.1 Å². The molecule has 0 aromatic heterocycles. The summed E-state index contributed by atoms with van der Waals surface area (Å²) in [5.74, 6) is -0.996. The van der Waals surface area contributed by atoms with Crippen LogP contribution in [0.3, 0.4) is 0 Å². The number of benzene rings is 3. The first-order chi connectivity index (χ1) is 19.7. The molecule has 0 unspecified atom stereocenters. The van der Waals surface area contributed by atoms with E-state index >= 15 is 0 Å². The predicted molar refractivity (Wildman–Crippen MR) is 158 cm³/mol. The highest BCUT2D eigenvalue weighted by molar-refractivity contribution is 9.10. The second-order valence-electron chi connectivity index (χ2n) is 8.46. The van der Waals surface area contributed by atoms with Crippen molar-refractivity contribution in [3.05, 3.63) is 81.3 Å². The van der Waals surface area contributed by atoms with Crippen LogP contribution in [-0.4, -0.2) is 43.6 Å². The number of urea groups is 1. The Kier molecular flexibility index (Phi) is 9.64. The van der Waals surface area contributed by atoms with Crippen LogP contribution in [0.25, 0.3) is 6.08 Å². The maximum atomic E-state index is 13.3. The van der Waals surface area contributed by atoms with Gasteiger partial charge in [-0.05, 0) is 89.9 Å². The van der Waals surface area contributed by atoms with Crippen molar-refractivity contribution in [1.29, 1.82) is 0 Å². The molecule has 10 nitrogen and oxygen atoms in total. The Morgan fingerprint density at radius 1 is 1.00 bits per heavy atom. The molecule has 2 N–H and O–H groups in total. The molecule has 0 bridgehead atoms. The second-order valence-corrected chi connectivity index (χ2v) is 9.73. The summed E-state index contributed by atoms with van der Waals surface area (Å²) >= 11 is 9.52. The molecule has 3 aromatic rings. The number of carbonyl (C=O) groups excluding carboxylic acids is 4. The van der Waals surface area contributed by atoms with Gasteiger partial charge in [-0.15, -0.1) is 0 Å². The monoisotopic (exact) mass is 641 g/mol. The van der Waals surface area contributed by atoms with Crippen LogP contribution in [0, 0.1) is 0 Å². The Morgan fingerprint density at radius 3 is 2.39 bits per heavy atom. The highest BCUT2D eigenvalue weighted by Gasteiger charge is 2.37. The summed E-state index contributed by atoms with van der Waals surface area (Å²) in [6, 6.07) is 15.4. The van der Waals surface area contributed by atoms with Crippen molar-refractivity contribution in [3.63, 3.8) is 0 Å². The van der Waals surface area contributed by atoms with Crippen LogP contribution in [0.4, 0.5) is 16.2 Å². The number of hydrogen-bond acceptors (Lipinski definition) is 7. The molecule has 12 heteroatoms. The number of rotatable bonds is 10. The SMILES string of the molecule is CCOc1ccc(N2C(=O)NC(=O)/C(=C\c3cc(Br)c(OCC(=O)Nc4ccccc4Cl)c(OCC)c3)C2=O)cc1. The number of para-hydroxylation sites is 1. The molecule has 3 aromatic carbocycles. The van der Waals surface area contributed by atoms with E-state index in [1.54, 1.807) is 67.6 Å². The number of barbiturate groups is 1. The van der Waals surface area contributed by atoms with E-state index in [1.807, 2.05) is 6.92 Å². The molecule has 1 aliphatic rings. The minimum atomic E-state index is -0.865. The molecular weight excluding hydrogens is 618 g/mol. The molecule has 212 valence electrons. The molecule has 1 fully saturated rings. The van der Waals surface area contributed by atoms with Gasteiger partial charge in [-0.2, -0.15) is 0 Å². The molecule has 5 amide bonds. The highest BCUT2D eigenvalue weighted by atomic mass is 79.9. The maximum absolute atomic E-state index is 13.3. The number of halogens is 2. The lowest BCUT2D eigenvalue weighted by atomic mass is 10.1. The zero-order valence-electron chi connectivity index (χ0n) is 22.0. The van der Waals surface area contributed by atoms with Gasteiger partial charge < -0.3 is 19.5 Å². The Morgan fingerprint density at radius 2 is 1.71 bits per heavy atom. The lowest BCUT2D eigenvalue weighted by Gasteiger charge is -2.26. The van der Waals surface area contributed by atoms with Crippen molar-refractivity contribution in [2.75, 3.05) is 30.0 Å². The van der Waals surface area contributed by atoms with E-state index in [4.69, 9.17) is 25.8 Å². The molecule has 0 aliphatic carbocycles. The number of hydrogen-bond donors (Lipinski definition) is 2. The van der Waals surface area contributed by atoms with Crippen LogP contribution in [-0.2, 0) is 14.4 Å². The third-order valence-corrected chi connectivity index (χ3v) is 6.56. The van der Waals surface area contributed by atoms with Crippen LogP contribution >= 0.6 is 27.5 Å². The van der Waals surface area contributed by atoms with Gasteiger partial charge >= 0.3 is 6.03 Å². The van der Waals surface area contributed by atoms with Gasteiger partial charge in [-0.25, -0.2) is 9.69 Å². The van der Waals surface area contributed by atoms with Crippen molar-refractivity contribution in [1.82, 2.24) is 5.32 Å². The summed E-state index contributed by atoms with van der Waals surface area (Å²) in [4.78, 5) is 51.8. The third-order valence-electron chi connectivity index (χ3n) is 5.65. The molecule has 0 spiro atoms. The van der Waals surface area contributed by atoms with Crippen LogP contribution in [0.5, 0.6) is 17.2 Å². The average molecular weight is 643 g/mol. The quantitative estimate of drug-likeness (QED) is 0.219. The fourth-order valence-corrected chi connectivity index (χ4v) is 4.63. The Labute approximate surface area is 249 Å². The molecule has 1 saturated heterocycles. The third kappa shape index (κ3) is 7.05. The number of amides is 5. The lowest BCUT2D eigenvalue weighted by Crippen LogP contribution is -2.54. The van der Waals surface area contributed by atoms with Gasteiger partial charge in [-0.3, -0.25) is 19.7 Å². The predicted octanol–water partition coefficient (Wildman–Crippen LogP) is 5.58. The van der Waals surface area contributed by atoms with Crippen molar-refractivity contribution < 1.29 is 33.4 Å². The standard InChI is InChI=1S/C29H25BrClN3O7/c1-3-39-19-11-9-18(10-12-19)34-28(37)20(27(36)33-29(34)38)13-17-14-21(30)26(24(15-17)40-4-2)41-16-25(35)32-23-8-6-5-7-22(23)31/h5-15H,3-4,16H2,1-2H3,(H,32,35)(H,33,36,38)/b20-13+. The molecule has 1 heterocycles. The van der Waals surface area contributed by atoms with Gasteiger partial charge in [-0.1, -0.05) is 23.7 Å². The number of anilines is 2. The molecule has 41 heavy (non-hydrogen) atoms. The Hall–Kier alpha value is -4.35. The van der Waals surface area contributed by atoms with Crippen molar-refractivity contribution in [2.45, 2.75) is 13.8 Å². The molecule has 1 aliphatic heterocycles. The van der Waals surface area contributed by atoms with E-state index in [0.717, 1.165) is 4.90 Å². The summed E-state index contributed by atoms with van der Waals surface area (Å²) in [5.41, 5.74) is 0.861. The fourth-order valence-electron chi connectivity index (χ4n) is 3.88. The van der Waals surface area contributed by atoms with Crippen LogP contribution in [0.15, 0.2) is 70.7 Å². The van der Waals surface area contributed by atoms with E-state index in [-0.39, 0.29) is 36.0 Å². The van der Waals surface area contributed by atoms with E-state index in [2.05, 4.69) is 26.6 Å². The van der Waals surface area contributed by atoms with Gasteiger partial charge in [0.15, 0.2) is 18.1 Å². The number of ether oxygens (including phenoxy) is 3. The summed E-state index contributed by atoms with van der Waals surface area (Å²) < 4.78 is 17.3. The van der Waals surface area contributed by atoms with Crippen LogP contribution in [0.2, 0.25) is 5.02 Å². The average Bonchev–Trinajstić information content (AvgIpc) is 2.93. The number of carbonyl (C=O) groups is 4. The number of nitrogens with zero attached hydrogens (tertiary/aromatic N) is 1. The van der Waals surface area contributed by atoms with E-state index in [9.17, 15) is 19.2 Å². The maximum Gasteiger partial charge on any atom is 0.335 e. The van der Waals surface area contributed by atoms with Crippen LogP contribution in [0.1, 0.15) is 19.4 Å².